The number of hydrogen-bond acceptors (Lipinski definition) is 4. The summed E-state index contributed by atoms with van der Waals surface area (Å²) in [5, 5.41) is 2.51. The van der Waals surface area contributed by atoms with Crippen LogP contribution >= 0.6 is 11.6 Å². The van der Waals surface area contributed by atoms with Crippen molar-refractivity contribution in [2.75, 3.05) is 11.1 Å². The molecule has 0 bridgehead atoms. The zero-order valence-electron chi connectivity index (χ0n) is 8.72. The van der Waals surface area contributed by atoms with E-state index >= 15 is 0 Å². The first kappa shape index (κ1) is 12.4. The van der Waals surface area contributed by atoms with Crippen LogP contribution in [-0.4, -0.2) is 9.97 Å². The molecule has 1 heterocycles. The summed E-state index contributed by atoms with van der Waals surface area (Å²) in [6, 6.07) is 1.54. The van der Waals surface area contributed by atoms with Crippen LogP contribution in [0.25, 0.3) is 0 Å². The minimum Gasteiger partial charge on any atom is -0.382 e. The molecule has 1 aromatic carbocycles. The molecule has 0 spiro atoms. The van der Waals surface area contributed by atoms with Gasteiger partial charge < -0.3 is 11.1 Å². The summed E-state index contributed by atoms with van der Waals surface area (Å²) in [6.07, 6.45) is 1.12. The summed E-state index contributed by atoms with van der Waals surface area (Å²) < 4.78 is 38.7. The van der Waals surface area contributed by atoms with Gasteiger partial charge in [-0.25, -0.2) is 23.1 Å². The Balaban J connectivity index is 2.37. The van der Waals surface area contributed by atoms with Crippen molar-refractivity contribution < 1.29 is 13.2 Å². The van der Waals surface area contributed by atoms with E-state index in [0.717, 1.165) is 18.5 Å². The van der Waals surface area contributed by atoms with E-state index in [0.29, 0.717) is 0 Å². The molecule has 0 aliphatic rings. The van der Waals surface area contributed by atoms with Gasteiger partial charge in [-0.15, -0.1) is 0 Å². The largest absolute Gasteiger partial charge is 0.382 e. The quantitative estimate of drug-likeness (QED) is 0.827. The van der Waals surface area contributed by atoms with Gasteiger partial charge in [0.25, 0.3) is 0 Å². The summed E-state index contributed by atoms with van der Waals surface area (Å²) in [4.78, 5) is 7.36. The van der Waals surface area contributed by atoms with Crippen molar-refractivity contribution in [1.82, 2.24) is 9.97 Å². The monoisotopic (exact) mass is 274 g/mol. The standard InChI is InChI=1S/C10H6ClF3N4/c11-7-9(15)16-3-17-10(7)18-4-1-5(12)8(14)6(13)2-4/h1-3H,(H3,15,16,17,18). The number of benzene rings is 1. The zero-order chi connectivity index (χ0) is 13.3. The number of halogens is 4. The molecule has 0 aliphatic heterocycles. The maximum Gasteiger partial charge on any atom is 0.194 e. The van der Waals surface area contributed by atoms with Gasteiger partial charge in [0, 0.05) is 17.8 Å². The molecular formula is C10H6ClF3N4. The molecule has 4 nitrogen and oxygen atoms in total. The molecule has 2 rings (SSSR count). The fourth-order valence-electron chi connectivity index (χ4n) is 1.24. The van der Waals surface area contributed by atoms with Gasteiger partial charge in [0.05, 0.1) is 0 Å². The van der Waals surface area contributed by atoms with Crippen LogP contribution in [0.5, 0.6) is 0 Å². The van der Waals surface area contributed by atoms with Crippen LogP contribution in [-0.2, 0) is 0 Å². The van der Waals surface area contributed by atoms with Crippen molar-refractivity contribution in [3.8, 4) is 0 Å². The van der Waals surface area contributed by atoms with Crippen molar-refractivity contribution in [3.05, 3.63) is 40.9 Å². The van der Waals surface area contributed by atoms with Crippen LogP contribution in [0.3, 0.4) is 0 Å². The highest BCUT2D eigenvalue weighted by atomic mass is 35.5. The Morgan fingerprint density at radius 2 is 1.72 bits per heavy atom. The Hall–Kier alpha value is -2.02. The first-order valence-electron chi connectivity index (χ1n) is 4.66. The van der Waals surface area contributed by atoms with E-state index in [1.54, 1.807) is 0 Å². The van der Waals surface area contributed by atoms with E-state index in [4.69, 9.17) is 17.3 Å². The lowest BCUT2D eigenvalue weighted by Crippen LogP contribution is -2.01. The van der Waals surface area contributed by atoms with Gasteiger partial charge in [0.1, 0.15) is 17.2 Å². The second-order valence-electron chi connectivity index (χ2n) is 3.30. The van der Waals surface area contributed by atoms with Gasteiger partial charge in [-0.1, -0.05) is 11.6 Å². The van der Waals surface area contributed by atoms with E-state index in [2.05, 4.69) is 15.3 Å². The highest BCUT2D eigenvalue weighted by Gasteiger charge is 2.12. The number of nitrogens with zero attached hydrogens (tertiary/aromatic N) is 2. The molecule has 3 N–H and O–H groups in total. The van der Waals surface area contributed by atoms with Crippen molar-refractivity contribution in [1.29, 1.82) is 0 Å². The van der Waals surface area contributed by atoms with Crippen molar-refractivity contribution in [3.63, 3.8) is 0 Å². The molecule has 0 aliphatic carbocycles. The van der Waals surface area contributed by atoms with Gasteiger partial charge in [0.15, 0.2) is 23.3 Å². The van der Waals surface area contributed by atoms with E-state index in [-0.39, 0.29) is 22.3 Å². The molecule has 18 heavy (non-hydrogen) atoms. The molecule has 0 unspecified atom stereocenters. The maximum absolute atomic E-state index is 13.0. The van der Waals surface area contributed by atoms with Gasteiger partial charge >= 0.3 is 0 Å². The number of nitrogens with one attached hydrogen (secondary N) is 1. The smallest absolute Gasteiger partial charge is 0.194 e. The average molecular weight is 275 g/mol. The van der Waals surface area contributed by atoms with Crippen molar-refractivity contribution >= 4 is 28.9 Å². The van der Waals surface area contributed by atoms with Gasteiger partial charge in [-0.2, -0.15) is 0 Å². The number of nitrogens with two attached hydrogens (primary N) is 1. The zero-order valence-corrected chi connectivity index (χ0v) is 9.47. The number of rotatable bonds is 2. The third-order valence-corrected chi connectivity index (χ3v) is 2.44. The van der Waals surface area contributed by atoms with E-state index in [9.17, 15) is 13.2 Å². The van der Waals surface area contributed by atoms with Gasteiger partial charge in [-0.05, 0) is 0 Å². The van der Waals surface area contributed by atoms with Crippen LogP contribution in [0.15, 0.2) is 18.5 Å². The average Bonchev–Trinajstić information content (AvgIpc) is 2.32. The molecule has 0 saturated heterocycles. The lowest BCUT2D eigenvalue weighted by atomic mass is 10.3. The van der Waals surface area contributed by atoms with Crippen LogP contribution in [0.4, 0.5) is 30.5 Å². The second kappa shape index (κ2) is 4.69. The Bertz CT molecular complexity index is 583. The van der Waals surface area contributed by atoms with Crippen LogP contribution in [0.1, 0.15) is 0 Å². The molecule has 0 amide bonds. The van der Waals surface area contributed by atoms with E-state index in [1.807, 2.05) is 0 Å². The molecular weight excluding hydrogens is 269 g/mol. The Labute approximate surface area is 105 Å². The van der Waals surface area contributed by atoms with Gasteiger partial charge in [0.2, 0.25) is 0 Å². The first-order chi connectivity index (χ1) is 8.49. The molecule has 1 aromatic heterocycles. The Kier molecular flexibility index (Phi) is 3.24. The maximum atomic E-state index is 13.0. The SMILES string of the molecule is Nc1ncnc(Nc2cc(F)c(F)c(F)c2)c1Cl. The normalized spacial score (nSPS) is 10.4. The number of aromatic nitrogens is 2. The van der Waals surface area contributed by atoms with Crippen molar-refractivity contribution in [2.24, 2.45) is 0 Å². The van der Waals surface area contributed by atoms with E-state index < -0.39 is 17.5 Å². The summed E-state index contributed by atoms with van der Waals surface area (Å²) in [6.45, 7) is 0. The minimum atomic E-state index is -1.55. The summed E-state index contributed by atoms with van der Waals surface area (Å²) in [5.41, 5.74) is 5.38. The lowest BCUT2D eigenvalue weighted by molar-refractivity contribution is 0.448. The predicted molar refractivity (Wildman–Crippen MR) is 61.1 cm³/mol. The number of anilines is 3. The third-order valence-electron chi connectivity index (χ3n) is 2.06. The number of nitrogen functional groups attached to an aromatic ring is 1. The number of hydrogen-bond donors (Lipinski definition) is 2. The van der Waals surface area contributed by atoms with Crippen LogP contribution < -0.4 is 11.1 Å². The Morgan fingerprint density at radius 1 is 1.11 bits per heavy atom. The topological polar surface area (TPSA) is 63.8 Å². The predicted octanol–water partition coefficient (Wildman–Crippen LogP) is 2.87. The lowest BCUT2D eigenvalue weighted by Gasteiger charge is -2.08. The molecule has 0 saturated carbocycles. The highest BCUT2D eigenvalue weighted by Crippen LogP contribution is 2.27. The highest BCUT2D eigenvalue weighted by molar-refractivity contribution is 6.35. The van der Waals surface area contributed by atoms with Crippen molar-refractivity contribution in [2.45, 2.75) is 0 Å². The summed E-state index contributed by atoms with van der Waals surface area (Å²) in [5.74, 6) is -4.12. The molecule has 2 aromatic rings. The molecule has 0 atom stereocenters. The molecule has 0 radical (unpaired) electrons. The second-order valence-corrected chi connectivity index (χ2v) is 3.68. The van der Waals surface area contributed by atoms with Gasteiger partial charge in [-0.3, -0.25) is 0 Å². The van der Waals surface area contributed by atoms with Crippen LogP contribution in [0.2, 0.25) is 5.02 Å². The van der Waals surface area contributed by atoms with E-state index in [1.165, 1.54) is 0 Å². The first-order valence-corrected chi connectivity index (χ1v) is 5.04. The summed E-state index contributed by atoms with van der Waals surface area (Å²) >= 11 is 5.78. The minimum absolute atomic E-state index is 0.00245. The van der Waals surface area contributed by atoms with Crippen LogP contribution in [0, 0.1) is 17.5 Å². The summed E-state index contributed by atoms with van der Waals surface area (Å²) in [7, 11) is 0. The fraction of sp³-hybridized carbons (Fsp3) is 0. The third kappa shape index (κ3) is 2.30. The molecule has 0 fully saturated rings. The fourth-order valence-corrected chi connectivity index (χ4v) is 1.38. The Morgan fingerprint density at radius 3 is 2.33 bits per heavy atom. The molecule has 8 heteroatoms. The molecule has 94 valence electrons.